The van der Waals surface area contributed by atoms with Crippen molar-refractivity contribution < 1.29 is 23.8 Å². The molecule has 0 radical (unpaired) electrons. The van der Waals surface area contributed by atoms with Crippen LogP contribution in [0.25, 0.3) is 0 Å². The predicted octanol–water partition coefficient (Wildman–Crippen LogP) is 3.94. The van der Waals surface area contributed by atoms with Crippen molar-refractivity contribution in [1.29, 1.82) is 0 Å². The molecule has 1 fully saturated rings. The summed E-state index contributed by atoms with van der Waals surface area (Å²) >= 11 is 6.23. The zero-order valence-corrected chi connectivity index (χ0v) is 21.7. The Hall–Kier alpha value is -2.65. The third-order valence-corrected chi connectivity index (χ3v) is 6.47. The molecule has 2 aromatic carbocycles. The van der Waals surface area contributed by atoms with Gasteiger partial charge in [-0.2, -0.15) is 0 Å². The number of amides is 2. The Bertz CT molecular complexity index is 983. The van der Waals surface area contributed by atoms with E-state index in [0.29, 0.717) is 23.0 Å². The van der Waals surface area contributed by atoms with E-state index >= 15 is 0 Å². The van der Waals surface area contributed by atoms with E-state index in [1.54, 1.807) is 12.1 Å². The summed E-state index contributed by atoms with van der Waals surface area (Å²) in [7, 11) is 3.23. The van der Waals surface area contributed by atoms with Crippen molar-refractivity contribution in [2.24, 2.45) is 5.92 Å². The summed E-state index contributed by atoms with van der Waals surface area (Å²) in [5.41, 5.74) is 2.21. The molecule has 2 aromatic rings. The number of methoxy groups -OCH3 is 1. The molecule has 8 nitrogen and oxygen atoms in total. The van der Waals surface area contributed by atoms with Gasteiger partial charge in [0.1, 0.15) is 6.10 Å². The first kappa shape index (κ1) is 27.9. The van der Waals surface area contributed by atoms with E-state index in [4.69, 9.17) is 21.1 Å². The molecule has 196 valence electrons. The Morgan fingerprint density at radius 1 is 1.14 bits per heavy atom. The molecule has 1 saturated heterocycles. The highest BCUT2D eigenvalue weighted by molar-refractivity contribution is 6.30. The molecule has 0 aromatic heterocycles. The van der Waals surface area contributed by atoms with E-state index in [-0.39, 0.29) is 25.1 Å². The summed E-state index contributed by atoms with van der Waals surface area (Å²) < 4.78 is 16.3. The first-order chi connectivity index (χ1) is 17.5. The Balaban J connectivity index is 1.66. The van der Waals surface area contributed by atoms with Gasteiger partial charge >= 0.3 is 6.09 Å². The third-order valence-electron chi connectivity index (χ3n) is 6.23. The average Bonchev–Trinajstić information content (AvgIpc) is 2.91. The van der Waals surface area contributed by atoms with Crippen molar-refractivity contribution in [2.45, 2.75) is 31.4 Å². The number of carbonyl (C=O) groups is 2. The number of rotatable bonds is 12. The van der Waals surface area contributed by atoms with Crippen LogP contribution in [0.2, 0.25) is 5.02 Å². The number of hydrogen-bond acceptors (Lipinski definition) is 6. The van der Waals surface area contributed by atoms with E-state index in [2.05, 4.69) is 20.7 Å². The van der Waals surface area contributed by atoms with Gasteiger partial charge in [0.25, 0.3) is 5.91 Å². The fraction of sp³-hybridized carbons (Fsp3) is 0.481. The fourth-order valence-electron chi connectivity index (χ4n) is 4.32. The van der Waals surface area contributed by atoms with Crippen molar-refractivity contribution in [3.05, 3.63) is 70.2 Å². The highest BCUT2D eigenvalue weighted by Crippen LogP contribution is 2.28. The molecule has 1 aliphatic rings. The highest BCUT2D eigenvalue weighted by atomic mass is 35.5. The van der Waals surface area contributed by atoms with Crippen molar-refractivity contribution in [3.8, 4) is 0 Å². The monoisotopic (exact) mass is 517 g/mol. The lowest BCUT2D eigenvalue weighted by Crippen LogP contribution is -2.41. The van der Waals surface area contributed by atoms with Gasteiger partial charge in [-0.25, -0.2) is 4.79 Å². The lowest BCUT2D eigenvalue weighted by Gasteiger charge is -2.26. The predicted molar refractivity (Wildman–Crippen MR) is 139 cm³/mol. The lowest BCUT2D eigenvalue weighted by atomic mass is 9.94. The van der Waals surface area contributed by atoms with Gasteiger partial charge in [-0.15, -0.1) is 0 Å². The van der Waals surface area contributed by atoms with E-state index in [1.165, 1.54) is 7.11 Å². The zero-order chi connectivity index (χ0) is 25.8. The molecule has 3 atom stereocenters. The molecule has 9 heteroatoms. The number of nitrogens with one attached hydrogen (secondary N) is 3. The summed E-state index contributed by atoms with van der Waals surface area (Å²) in [6, 6.07) is 14.9. The average molecular weight is 518 g/mol. The number of alkyl carbamates (subject to hydrolysis) is 1. The van der Waals surface area contributed by atoms with Crippen LogP contribution >= 0.6 is 11.6 Å². The van der Waals surface area contributed by atoms with Crippen molar-refractivity contribution in [2.75, 3.05) is 47.1 Å². The lowest BCUT2D eigenvalue weighted by molar-refractivity contribution is 0.0478. The van der Waals surface area contributed by atoms with Crippen LogP contribution in [0.1, 0.15) is 46.9 Å². The van der Waals surface area contributed by atoms with Crippen LogP contribution in [0.4, 0.5) is 4.79 Å². The van der Waals surface area contributed by atoms with Gasteiger partial charge < -0.3 is 30.2 Å². The van der Waals surface area contributed by atoms with Gasteiger partial charge in [-0.1, -0.05) is 35.9 Å². The first-order valence-corrected chi connectivity index (χ1v) is 12.7. The molecule has 0 spiro atoms. The molecular weight excluding hydrogens is 482 g/mol. The molecule has 36 heavy (non-hydrogen) atoms. The Morgan fingerprint density at radius 3 is 2.61 bits per heavy atom. The maximum absolute atomic E-state index is 13.0. The number of likely N-dealkylation sites (N-methyl/N-ethyl adjacent to an activating group) is 1. The summed E-state index contributed by atoms with van der Waals surface area (Å²) in [6.07, 6.45) is 2.23. The molecule has 0 saturated carbocycles. The van der Waals surface area contributed by atoms with E-state index in [9.17, 15) is 9.59 Å². The minimum absolute atomic E-state index is 0.144. The van der Waals surface area contributed by atoms with Gasteiger partial charge in [-0.3, -0.25) is 4.79 Å². The molecular formula is C27H36ClN3O5. The van der Waals surface area contributed by atoms with E-state index in [0.717, 1.165) is 43.6 Å². The van der Waals surface area contributed by atoms with Gasteiger partial charge in [-0.05, 0) is 67.6 Å². The number of ether oxygens (including phenoxy) is 3. The zero-order valence-electron chi connectivity index (χ0n) is 20.9. The number of halogens is 1. The van der Waals surface area contributed by atoms with Gasteiger partial charge in [0.2, 0.25) is 0 Å². The van der Waals surface area contributed by atoms with E-state index in [1.807, 2.05) is 43.4 Å². The van der Waals surface area contributed by atoms with Crippen LogP contribution in [0.15, 0.2) is 48.5 Å². The largest absolute Gasteiger partial charge is 0.453 e. The Labute approximate surface area is 218 Å². The van der Waals surface area contributed by atoms with Gasteiger partial charge in [0.15, 0.2) is 0 Å². The molecule has 2 amide bonds. The molecule has 3 rings (SSSR count). The number of benzene rings is 2. The second-order valence-corrected chi connectivity index (χ2v) is 9.30. The SMILES string of the molecule is CN[C@H](CNC(=O)c1cccc([C@@H](OCCNC(=O)OC)c2cccc(Cl)c2)c1)C[C@@H]1CCCOC1. The van der Waals surface area contributed by atoms with Crippen LogP contribution in [-0.4, -0.2) is 65.1 Å². The standard InChI is InChI=1S/C27H36ClN3O5/c1-29-24(14-19-6-5-12-35-18-19)17-31-26(32)22-9-3-7-20(15-22)25(21-8-4-10-23(28)16-21)36-13-11-30-27(33)34-2/h3-4,7-10,15-16,19,24-25,29H,5-6,11-14,17-18H2,1-2H3,(H,30,33)(H,31,32)/t19-,24-,25+/m0/s1. The molecule has 3 N–H and O–H groups in total. The van der Waals surface area contributed by atoms with E-state index < -0.39 is 12.2 Å². The Morgan fingerprint density at radius 2 is 1.92 bits per heavy atom. The minimum Gasteiger partial charge on any atom is -0.453 e. The summed E-state index contributed by atoms with van der Waals surface area (Å²) in [6.45, 7) is 2.69. The highest BCUT2D eigenvalue weighted by Gasteiger charge is 2.20. The number of carbonyl (C=O) groups excluding carboxylic acids is 2. The summed E-state index contributed by atoms with van der Waals surface area (Å²) in [4.78, 5) is 24.3. The van der Waals surface area contributed by atoms with Crippen LogP contribution in [-0.2, 0) is 14.2 Å². The normalized spacial score (nSPS) is 17.1. The maximum atomic E-state index is 13.0. The molecule has 1 heterocycles. The molecule has 0 aliphatic carbocycles. The van der Waals surface area contributed by atoms with Crippen molar-refractivity contribution in [1.82, 2.24) is 16.0 Å². The van der Waals surface area contributed by atoms with Crippen LogP contribution in [0.3, 0.4) is 0 Å². The molecule has 0 bridgehead atoms. The Kier molecular flexibility index (Phi) is 11.5. The fourth-order valence-corrected chi connectivity index (χ4v) is 4.52. The second-order valence-electron chi connectivity index (χ2n) is 8.86. The van der Waals surface area contributed by atoms with Gasteiger partial charge in [0.05, 0.1) is 13.7 Å². The number of hydrogen-bond donors (Lipinski definition) is 3. The van der Waals surface area contributed by atoms with Crippen molar-refractivity contribution in [3.63, 3.8) is 0 Å². The maximum Gasteiger partial charge on any atom is 0.406 e. The first-order valence-electron chi connectivity index (χ1n) is 12.3. The second kappa shape index (κ2) is 14.8. The molecule has 1 aliphatic heterocycles. The topological polar surface area (TPSA) is 97.9 Å². The molecule has 0 unspecified atom stereocenters. The summed E-state index contributed by atoms with van der Waals surface area (Å²) in [5, 5.41) is 9.56. The van der Waals surface area contributed by atoms with Gasteiger partial charge in [0, 0.05) is 42.9 Å². The summed E-state index contributed by atoms with van der Waals surface area (Å²) in [5.74, 6) is 0.370. The van der Waals surface area contributed by atoms with Crippen LogP contribution < -0.4 is 16.0 Å². The minimum atomic E-state index is -0.521. The smallest absolute Gasteiger partial charge is 0.406 e. The van der Waals surface area contributed by atoms with Crippen molar-refractivity contribution >= 4 is 23.6 Å². The van der Waals surface area contributed by atoms with Crippen LogP contribution in [0.5, 0.6) is 0 Å². The quantitative estimate of drug-likeness (QED) is 0.369. The third kappa shape index (κ3) is 8.78. The van der Waals surface area contributed by atoms with Crippen LogP contribution in [0, 0.1) is 5.92 Å².